The van der Waals surface area contributed by atoms with Gasteiger partial charge in [0.1, 0.15) is 0 Å². The Morgan fingerprint density at radius 2 is 2.00 bits per heavy atom. The van der Waals surface area contributed by atoms with Crippen LogP contribution in [0, 0.1) is 5.92 Å². The molecular formula is C13H14O. The minimum absolute atomic E-state index is 0.195. The molecule has 0 heterocycles. The van der Waals surface area contributed by atoms with Crippen molar-refractivity contribution >= 4 is 0 Å². The highest BCUT2D eigenvalue weighted by Crippen LogP contribution is 2.64. The van der Waals surface area contributed by atoms with E-state index < -0.39 is 0 Å². The summed E-state index contributed by atoms with van der Waals surface area (Å²) in [5.74, 6) is 0.449. The van der Waals surface area contributed by atoms with Crippen molar-refractivity contribution in [3.63, 3.8) is 0 Å². The smallest absolute Gasteiger partial charge is 0.0763 e. The largest absolute Gasteiger partial charge is 0.389 e. The lowest BCUT2D eigenvalue weighted by Crippen LogP contribution is -2.10. The molecule has 14 heavy (non-hydrogen) atoms. The molecule has 3 atom stereocenters. The first-order valence-electron chi connectivity index (χ1n) is 5.17. The van der Waals surface area contributed by atoms with E-state index in [1.54, 1.807) is 0 Å². The van der Waals surface area contributed by atoms with Crippen LogP contribution in [0.1, 0.15) is 18.9 Å². The molecule has 0 aliphatic heterocycles. The third kappa shape index (κ3) is 0.833. The summed E-state index contributed by atoms with van der Waals surface area (Å²) in [5.41, 5.74) is 2.91. The Kier molecular flexibility index (Phi) is 1.46. The van der Waals surface area contributed by atoms with Gasteiger partial charge in [-0.25, -0.2) is 0 Å². The average Bonchev–Trinajstić information content (AvgIpc) is 2.90. The zero-order chi connectivity index (χ0) is 9.76. The highest BCUT2D eigenvalue weighted by molar-refractivity contribution is 5.49. The normalized spacial score (nSPS) is 39.1. The maximum absolute atomic E-state index is 9.76. The van der Waals surface area contributed by atoms with Crippen LogP contribution in [0.3, 0.4) is 0 Å². The van der Waals surface area contributed by atoms with E-state index in [-0.39, 0.29) is 11.5 Å². The summed E-state index contributed by atoms with van der Waals surface area (Å²) in [7, 11) is 0. The van der Waals surface area contributed by atoms with Crippen LogP contribution in [-0.4, -0.2) is 11.2 Å². The average molecular weight is 186 g/mol. The summed E-state index contributed by atoms with van der Waals surface area (Å²) < 4.78 is 0. The summed E-state index contributed by atoms with van der Waals surface area (Å²) in [6, 6.07) is 10.6. The molecule has 1 N–H and O–H groups in total. The van der Waals surface area contributed by atoms with Crippen molar-refractivity contribution in [3.8, 4) is 0 Å². The number of benzene rings is 1. The first-order chi connectivity index (χ1) is 6.75. The molecule has 1 heteroatoms. The summed E-state index contributed by atoms with van der Waals surface area (Å²) in [4.78, 5) is 0. The van der Waals surface area contributed by atoms with Gasteiger partial charge in [-0.15, -0.1) is 0 Å². The fourth-order valence-electron chi connectivity index (χ4n) is 2.97. The van der Waals surface area contributed by atoms with E-state index in [0.717, 1.165) is 6.42 Å². The van der Waals surface area contributed by atoms with Gasteiger partial charge in [-0.1, -0.05) is 42.0 Å². The molecule has 0 bridgehead atoms. The van der Waals surface area contributed by atoms with E-state index >= 15 is 0 Å². The van der Waals surface area contributed by atoms with Gasteiger partial charge in [0.25, 0.3) is 0 Å². The van der Waals surface area contributed by atoms with Crippen molar-refractivity contribution in [2.45, 2.75) is 24.9 Å². The van der Waals surface area contributed by atoms with Crippen LogP contribution < -0.4 is 0 Å². The molecule has 1 aromatic rings. The molecule has 2 aliphatic carbocycles. The van der Waals surface area contributed by atoms with E-state index in [9.17, 15) is 5.11 Å². The van der Waals surface area contributed by atoms with Crippen molar-refractivity contribution in [1.82, 2.24) is 0 Å². The molecule has 0 saturated heterocycles. The van der Waals surface area contributed by atoms with Crippen molar-refractivity contribution in [2.75, 3.05) is 0 Å². The Labute approximate surface area is 84.1 Å². The van der Waals surface area contributed by atoms with Crippen molar-refractivity contribution in [1.29, 1.82) is 0 Å². The van der Waals surface area contributed by atoms with Crippen LogP contribution in [0.25, 0.3) is 0 Å². The Morgan fingerprint density at radius 3 is 2.50 bits per heavy atom. The third-order valence-corrected chi connectivity index (χ3v) is 3.84. The number of aliphatic hydroxyl groups excluding tert-OH is 1. The number of aliphatic hydroxyl groups is 1. The van der Waals surface area contributed by atoms with E-state index in [4.69, 9.17) is 0 Å². The number of allylic oxidation sites excluding steroid dienone is 1. The van der Waals surface area contributed by atoms with E-state index in [1.165, 1.54) is 11.1 Å². The molecule has 3 unspecified atom stereocenters. The summed E-state index contributed by atoms with van der Waals surface area (Å²) in [6.45, 7) is 2.14. The molecule has 72 valence electrons. The second-order valence-electron chi connectivity index (χ2n) is 4.49. The zero-order valence-electron chi connectivity index (χ0n) is 8.27. The van der Waals surface area contributed by atoms with E-state index in [0.29, 0.717) is 5.92 Å². The predicted octanol–water partition coefficient (Wildman–Crippen LogP) is 2.27. The van der Waals surface area contributed by atoms with Gasteiger partial charge in [0.2, 0.25) is 0 Å². The second kappa shape index (κ2) is 2.48. The number of rotatable bonds is 1. The third-order valence-electron chi connectivity index (χ3n) is 3.84. The Hall–Kier alpha value is -1.08. The Bertz CT molecular complexity index is 393. The lowest BCUT2D eigenvalue weighted by Gasteiger charge is -2.14. The van der Waals surface area contributed by atoms with Crippen LogP contribution in [0.5, 0.6) is 0 Å². The lowest BCUT2D eigenvalue weighted by atomic mass is 9.89. The van der Waals surface area contributed by atoms with Crippen molar-refractivity contribution < 1.29 is 5.11 Å². The van der Waals surface area contributed by atoms with Crippen LogP contribution >= 0.6 is 0 Å². The van der Waals surface area contributed by atoms with Gasteiger partial charge in [-0.05, 0) is 18.9 Å². The van der Waals surface area contributed by atoms with Gasteiger partial charge < -0.3 is 5.11 Å². The summed E-state index contributed by atoms with van der Waals surface area (Å²) in [6.07, 6.45) is 2.93. The molecule has 1 saturated carbocycles. The summed E-state index contributed by atoms with van der Waals surface area (Å²) in [5, 5.41) is 9.76. The molecule has 0 amide bonds. The first kappa shape index (κ1) is 8.25. The molecule has 0 aromatic heterocycles. The van der Waals surface area contributed by atoms with Crippen LogP contribution in [0.2, 0.25) is 0 Å². The highest BCUT2D eigenvalue weighted by atomic mass is 16.3. The van der Waals surface area contributed by atoms with Crippen LogP contribution in [0.4, 0.5) is 0 Å². The molecule has 0 radical (unpaired) electrons. The van der Waals surface area contributed by atoms with Crippen molar-refractivity contribution in [2.24, 2.45) is 5.92 Å². The van der Waals surface area contributed by atoms with Crippen LogP contribution in [0.15, 0.2) is 42.0 Å². The molecular weight excluding hydrogens is 172 g/mol. The Balaban J connectivity index is 2.06. The zero-order valence-corrected chi connectivity index (χ0v) is 8.27. The topological polar surface area (TPSA) is 20.2 Å². The SMILES string of the molecule is CC1=CC(O)C2CC12c1ccccc1. The van der Waals surface area contributed by atoms with Gasteiger partial charge in [0, 0.05) is 11.3 Å². The molecule has 1 nitrogen and oxygen atoms in total. The highest BCUT2D eigenvalue weighted by Gasteiger charge is 2.62. The molecule has 2 aliphatic rings. The second-order valence-corrected chi connectivity index (χ2v) is 4.49. The van der Waals surface area contributed by atoms with Gasteiger partial charge in [-0.2, -0.15) is 0 Å². The van der Waals surface area contributed by atoms with E-state index in [1.807, 2.05) is 12.1 Å². The molecule has 1 fully saturated rings. The standard InChI is InChI=1S/C13H14O/c1-9-7-12(14)11-8-13(9,11)10-5-3-2-4-6-10/h2-7,11-12,14H,8H2,1H3. The minimum atomic E-state index is -0.213. The van der Waals surface area contributed by atoms with E-state index in [2.05, 4.69) is 31.2 Å². The van der Waals surface area contributed by atoms with Crippen LogP contribution in [-0.2, 0) is 5.41 Å². The number of fused-ring (bicyclic) bond motifs is 1. The summed E-state index contributed by atoms with van der Waals surface area (Å²) >= 11 is 0. The fourth-order valence-corrected chi connectivity index (χ4v) is 2.97. The molecule has 1 aromatic carbocycles. The molecule has 3 rings (SSSR count). The fraction of sp³-hybridized carbons (Fsp3) is 0.385. The van der Waals surface area contributed by atoms with Gasteiger partial charge >= 0.3 is 0 Å². The monoisotopic (exact) mass is 186 g/mol. The maximum atomic E-state index is 9.76. The number of hydrogen-bond donors (Lipinski definition) is 1. The van der Waals surface area contributed by atoms with Gasteiger partial charge in [-0.3, -0.25) is 0 Å². The Morgan fingerprint density at radius 1 is 1.29 bits per heavy atom. The van der Waals surface area contributed by atoms with Gasteiger partial charge in [0.05, 0.1) is 6.10 Å². The lowest BCUT2D eigenvalue weighted by molar-refractivity contribution is 0.201. The number of hydrogen-bond acceptors (Lipinski definition) is 1. The first-order valence-corrected chi connectivity index (χ1v) is 5.17. The minimum Gasteiger partial charge on any atom is -0.389 e. The van der Waals surface area contributed by atoms with Gasteiger partial charge in [0.15, 0.2) is 0 Å². The quantitative estimate of drug-likeness (QED) is 0.667. The maximum Gasteiger partial charge on any atom is 0.0763 e. The predicted molar refractivity (Wildman–Crippen MR) is 56.0 cm³/mol. The van der Waals surface area contributed by atoms with Crippen molar-refractivity contribution in [3.05, 3.63) is 47.5 Å². The molecule has 0 spiro atoms.